The third-order valence-electron chi connectivity index (χ3n) is 11.3. The first-order chi connectivity index (χ1) is 26.5. The number of ether oxygens (including phenoxy) is 3. The molecule has 3 aromatic carbocycles. The number of ketones is 2. The van der Waals surface area contributed by atoms with Crippen LogP contribution in [-0.4, -0.2) is 118 Å². The molecule has 0 bridgehead atoms. The van der Waals surface area contributed by atoms with Crippen LogP contribution in [0.5, 0.6) is 11.5 Å². The van der Waals surface area contributed by atoms with Crippen LogP contribution in [0.2, 0.25) is 0 Å². The van der Waals surface area contributed by atoms with Gasteiger partial charge in [0.2, 0.25) is 12.2 Å². The van der Waals surface area contributed by atoms with E-state index in [0.29, 0.717) is 42.5 Å². The lowest BCUT2D eigenvalue weighted by atomic mass is 9.76. The SMILES string of the molecule is NC1NC(=O)C2NCN(c3ccccc3Cc3cc4c(c(OCCO)c3OC3OC(C5(O)CCCCC5)C(O)C(O)C3O)C(=O)c3ccccc3C4=O)C2N1. The summed E-state index contributed by atoms with van der Waals surface area (Å²) in [5.41, 5.74) is 6.55. The maximum atomic E-state index is 14.2. The minimum Gasteiger partial charge on any atom is -0.486 e. The molecule has 3 aromatic rings. The monoisotopic (exact) mass is 759 g/mol. The number of benzene rings is 3. The first-order valence-electron chi connectivity index (χ1n) is 18.6. The number of rotatable bonds is 9. The van der Waals surface area contributed by atoms with E-state index < -0.39 is 73.0 Å². The molecule has 5 aliphatic rings. The fraction of sp³-hybridized carbons (Fsp3) is 0.462. The lowest BCUT2D eigenvalue weighted by Crippen LogP contribution is -2.70. The Labute approximate surface area is 316 Å². The zero-order chi connectivity index (χ0) is 38.6. The van der Waals surface area contributed by atoms with E-state index >= 15 is 0 Å². The molecule has 8 unspecified atom stereocenters. The number of anilines is 1. The fourth-order valence-corrected chi connectivity index (χ4v) is 8.62. The van der Waals surface area contributed by atoms with Gasteiger partial charge in [0.15, 0.2) is 23.1 Å². The van der Waals surface area contributed by atoms with E-state index in [2.05, 4.69) is 16.0 Å². The average Bonchev–Trinajstić information content (AvgIpc) is 3.61. The zero-order valence-corrected chi connectivity index (χ0v) is 29.9. The van der Waals surface area contributed by atoms with Crippen LogP contribution in [0.15, 0.2) is 54.6 Å². The molecule has 3 heterocycles. The smallest absolute Gasteiger partial charge is 0.242 e. The second-order valence-electron chi connectivity index (χ2n) is 14.8. The van der Waals surface area contributed by atoms with Crippen molar-refractivity contribution in [3.63, 3.8) is 0 Å². The van der Waals surface area contributed by atoms with Crippen LogP contribution in [0.3, 0.4) is 0 Å². The Balaban J connectivity index is 1.25. The van der Waals surface area contributed by atoms with Crippen LogP contribution in [0.4, 0.5) is 5.69 Å². The number of aliphatic hydroxyl groups is 5. The van der Waals surface area contributed by atoms with E-state index in [1.54, 1.807) is 18.2 Å². The Morgan fingerprint density at radius 1 is 0.873 bits per heavy atom. The highest BCUT2D eigenvalue weighted by Crippen LogP contribution is 2.46. The minimum absolute atomic E-state index is 0.0333. The number of hydrogen-bond donors (Lipinski definition) is 9. The molecule has 292 valence electrons. The van der Waals surface area contributed by atoms with Crippen molar-refractivity contribution in [3.8, 4) is 11.5 Å². The van der Waals surface area contributed by atoms with Gasteiger partial charge in [-0.3, -0.25) is 30.8 Å². The third kappa shape index (κ3) is 6.56. The first kappa shape index (κ1) is 37.4. The molecule has 16 nitrogen and oxygen atoms in total. The summed E-state index contributed by atoms with van der Waals surface area (Å²) in [4.78, 5) is 43.1. The van der Waals surface area contributed by atoms with Gasteiger partial charge in [0.05, 0.1) is 24.4 Å². The van der Waals surface area contributed by atoms with E-state index in [1.807, 2.05) is 29.2 Å². The van der Waals surface area contributed by atoms with Gasteiger partial charge in [0, 0.05) is 34.4 Å². The van der Waals surface area contributed by atoms with Crippen molar-refractivity contribution in [1.29, 1.82) is 0 Å². The summed E-state index contributed by atoms with van der Waals surface area (Å²) in [6, 6.07) is 14.7. The summed E-state index contributed by atoms with van der Waals surface area (Å²) in [5.74, 6) is -1.53. The van der Waals surface area contributed by atoms with Gasteiger partial charge in [0.25, 0.3) is 0 Å². The van der Waals surface area contributed by atoms with Crippen molar-refractivity contribution in [3.05, 3.63) is 88.0 Å². The predicted octanol–water partition coefficient (Wildman–Crippen LogP) is -0.671. The summed E-state index contributed by atoms with van der Waals surface area (Å²) >= 11 is 0. The molecular weight excluding hydrogens is 714 g/mol. The Kier molecular flexibility index (Phi) is 10.1. The molecule has 2 aliphatic carbocycles. The van der Waals surface area contributed by atoms with Gasteiger partial charge in [-0.2, -0.15) is 0 Å². The number of fused-ring (bicyclic) bond motifs is 3. The number of aliphatic hydroxyl groups excluding tert-OH is 4. The van der Waals surface area contributed by atoms with Crippen molar-refractivity contribution in [2.45, 2.75) is 93.3 Å². The molecule has 1 saturated carbocycles. The van der Waals surface area contributed by atoms with E-state index in [9.17, 15) is 39.9 Å². The molecule has 3 saturated heterocycles. The van der Waals surface area contributed by atoms with Gasteiger partial charge in [-0.1, -0.05) is 61.7 Å². The number of para-hydroxylation sites is 1. The topological polar surface area (TPSA) is 245 Å². The Bertz CT molecular complexity index is 1990. The number of nitrogens with two attached hydrogens (primary N) is 1. The molecule has 55 heavy (non-hydrogen) atoms. The van der Waals surface area contributed by atoms with Crippen LogP contribution in [0.1, 0.15) is 75.1 Å². The lowest BCUT2D eigenvalue weighted by molar-refractivity contribution is -0.308. The van der Waals surface area contributed by atoms with Crippen LogP contribution in [-0.2, 0) is 16.0 Å². The molecule has 8 atom stereocenters. The Morgan fingerprint density at radius 3 is 2.33 bits per heavy atom. The molecule has 0 spiro atoms. The molecule has 16 heteroatoms. The number of carbonyl (C=O) groups is 3. The second-order valence-corrected chi connectivity index (χ2v) is 14.8. The highest BCUT2D eigenvalue weighted by atomic mass is 16.7. The summed E-state index contributed by atoms with van der Waals surface area (Å²) in [5, 5.41) is 64.1. The van der Waals surface area contributed by atoms with Crippen molar-refractivity contribution in [1.82, 2.24) is 16.0 Å². The van der Waals surface area contributed by atoms with Gasteiger partial charge >= 0.3 is 0 Å². The van der Waals surface area contributed by atoms with Crippen LogP contribution >= 0.6 is 0 Å². The number of nitrogens with zero attached hydrogens (tertiary/aromatic N) is 1. The van der Waals surface area contributed by atoms with E-state index in [-0.39, 0.29) is 59.4 Å². The van der Waals surface area contributed by atoms with Crippen LogP contribution in [0, 0.1) is 0 Å². The fourth-order valence-electron chi connectivity index (χ4n) is 8.62. The van der Waals surface area contributed by atoms with Crippen LogP contribution in [0.25, 0.3) is 0 Å². The molecule has 10 N–H and O–H groups in total. The molecular formula is C39H45N5O11. The standard InChI is InChI=1S/C39H45N5O11/c40-38-42-35-26(36(51)43-38)41-18-44(35)24-11-5-2-8-19(24)16-20-17-23-25(28(47)22-10-4-3-9-21(22)27(23)46)33(53-15-14-45)32(20)54-37-31(50)29(48)30(49)34(55-37)39(52)12-6-1-7-13-39/h2-5,8-11,17,26,29-31,34-35,37-38,41-42,45,48-50,52H,1,6-7,12-16,18,40H2,(H,43,51). The number of hydrogen-bond acceptors (Lipinski definition) is 15. The maximum Gasteiger partial charge on any atom is 0.242 e. The van der Waals surface area contributed by atoms with Crippen molar-refractivity contribution in [2.24, 2.45) is 5.73 Å². The van der Waals surface area contributed by atoms with E-state index in [4.69, 9.17) is 19.9 Å². The Morgan fingerprint density at radius 2 is 1.58 bits per heavy atom. The predicted molar refractivity (Wildman–Crippen MR) is 194 cm³/mol. The van der Waals surface area contributed by atoms with Gasteiger partial charge < -0.3 is 50.0 Å². The van der Waals surface area contributed by atoms with Crippen molar-refractivity contribution >= 4 is 23.2 Å². The number of carbonyl (C=O) groups excluding carboxylic acids is 3. The Hall–Kier alpha value is -4.49. The summed E-state index contributed by atoms with van der Waals surface area (Å²) in [6.45, 7) is -0.482. The molecule has 0 radical (unpaired) electrons. The molecule has 0 aromatic heterocycles. The lowest BCUT2D eigenvalue weighted by Gasteiger charge is -2.48. The summed E-state index contributed by atoms with van der Waals surface area (Å²) < 4.78 is 18.7. The summed E-state index contributed by atoms with van der Waals surface area (Å²) in [7, 11) is 0. The van der Waals surface area contributed by atoms with Gasteiger partial charge in [-0.25, -0.2) is 0 Å². The highest BCUT2D eigenvalue weighted by molar-refractivity contribution is 6.29. The highest BCUT2D eigenvalue weighted by Gasteiger charge is 2.54. The minimum atomic E-state index is -1.82. The largest absolute Gasteiger partial charge is 0.486 e. The quantitative estimate of drug-likeness (QED) is 0.103. The first-order valence-corrected chi connectivity index (χ1v) is 18.6. The van der Waals surface area contributed by atoms with E-state index in [1.165, 1.54) is 12.1 Å². The molecule has 4 fully saturated rings. The second kappa shape index (κ2) is 14.9. The maximum absolute atomic E-state index is 14.2. The van der Waals surface area contributed by atoms with E-state index in [0.717, 1.165) is 6.42 Å². The summed E-state index contributed by atoms with van der Waals surface area (Å²) in [6.07, 6.45) is -6.72. The van der Waals surface area contributed by atoms with Gasteiger partial charge in [0.1, 0.15) is 49.5 Å². The van der Waals surface area contributed by atoms with Crippen molar-refractivity contribution < 1.29 is 54.1 Å². The van der Waals surface area contributed by atoms with Crippen LogP contribution < -0.4 is 36.1 Å². The number of nitrogens with one attached hydrogen (secondary N) is 3. The van der Waals surface area contributed by atoms with Crippen molar-refractivity contribution in [2.75, 3.05) is 24.8 Å². The molecule has 1 amide bonds. The molecule has 8 rings (SSSR count). The average molecular weight is 760 g/mol. The molecule has 3 aliphatic heterocycles. The number of amides is 1. The van der Waals surface area contributed by atoms with Gasteiger partial charge in [-0.15, -0.1) is 0 Å². The zero-order valence-electron chi connectivity index (χ0n) is 29.9. The van der Waals surface area contributed by atoms with Gasteiger partial charge in [-0.05, 0) is 30.5 Å². The normalized spacial score (nSPS) is 29.9. The third-order valence-corrected chi connectivity index (χ3v) is 11.3.